The lowest BCUT2D eigenvalue weighted by Gasteiger charge is -2.05. The molecule has 218 valence electrons. The molecule has 8 heteroatoms. The Kier molecular flexibility index (Phi) is 17.1. The highest BCUT2D eigenvalue weighted by Gasteiger charge is 2.16. The first-order chi connectivity index (χ1) is 18.7. The van der Waals surface area contributed by atoms with Gasteiger partial charge in [-0.1, -0.05) is 96.2 Å². The number of aromatic nitrogens is 2. The highest BCUT2D eigenvalue weighted by atomic mass is 79.9. The Morgan fingerprint density at radius 3 is 1.35 bits per heavy atom. The van der Waals surface area contributed by atoms with Crippen molar-refractivity contribution in [3.8, 4) is 0 Å². The van der Waals surface area contributed by atoms with Crippen molar-refractivity contribution >= 4 is 22.7 Å². The van der Waals surface area contributed by atoms with E-state index >= 15 is 0 Å². The van der Waals surface area contributed by atoms with Crippen LogP contribution in [0.4, 0.5) is 0 Å². The van der Waals surface area contributed by atoms with Crippen LogP contribution in [0.25, 0.3) is 0 Å². The number of hydrogen-bond donors (Lipinski definition) is 0. The summed E-state index contributed by atoms with van der Waals surface area (Å²) in [5.41, 5.74) is 9.90. The maximum absolute atomic E-state index is 5.93. The van der Waals surface area contributed by atoms with Crippen LogP contribution in [-0.2, 0) is 35.4 Å². The summed E-state index contributed by atoms with van der Waals surface area (Å²) in [4.78, 5) is 2.86. The summed E-state index contributed by atoms with van der Waals surface area (Å²) in [6.45, 7) is 9.66. The number of nitrogens with zero attached hydrogens (tertiary/aromatic N) is 2. The molecule has 0 spiro atoms. The average Bonchev–Trinajstić information content (AvgIpc) is 3.47. The molecule has 0 aliphatic heterocycles. The molecule has 0 fully saturated rings. The molecule has 0 aliphatic rings. The second-order valence-electron chi connectivity index (χ2n) is 9.83. The summed E-state index contributed by atoms with van der Waals surface area (Å²) >= 11 is 3.69. The van der Waals surface area contributed by atoms with Gasteiger partial charge < -0.3 is 43.4 Å². The molecule has 0 saturated carbocycles. The van der Waals surface area contributed by atoms with E-state index in [4.69, 9.17) is 9.47 Å². The van der Waals surface area contributed by atoms with E-state index in [0.29, 0.717) is 0 Å². The number of benzene rings is 2. The van der Waals surface area contributed by atoms with Gasteiger partial charge >= 0.3 is 0 Å². The van der Waals surface area contributed by atoms with Gasteiger partial charge in [0.2, 0.25) is 11.0 Å². The summed E-state index contributed by atoms with van der Waals surface area (Å²) < 4.78 is 16.6. The van der Waals surface area contributed by atoms with E-state index in [1.165, 1.54) is 45.1 Å². The van der Waals surface area contributed by atoms with Gasteiger partial charge in [-0.3, -0.25) is 0 Å². The van der Waals surface area contributed by atoms with Gasteiger partial charge in [0.15, 0.2) is 24.5 Å². The fourth-order valence-corrected chi connectivity index (χ4v) is 6.50. The Balaban J connectivity index is 0.00000280. The molecule has 0 atom stereocenters. The first kappa shape index (κ1) is 34.8. The van der Waals surface area contributed by atoms with Crippen molar-refractivity contribution in [2.45, 2.75) is 65.5 Å². The van der Waals surface area contributed by atoms with E-state index in [0.717, 1.165) is 65.2 Å². The van der Waals surface area contributed by atoms with E-state index in [1.807, 2.05) is 22.7 Å². The van der Waals surface area contributed by atoms with Crippen molar-refractivity contribution in [2.24, 2.45) is 0 Å². The van der Waals surface area contributed by atoms with E-state index in [9.17, 15) is 0 Å². The van der Waals surface area contributed by atoms with Crippen molar-refractivity contribution in [1.82, 2.24) is 0 Å². The second kappa shape index (κ2) is 19.7. The third kappa shape index (κ3) is 11.5. The zero-order valence-corrected chi connectivity index (χ0v) is 28.5. The molecule has 4 nitrogen and oxygen atoms in total. The summed E-state index contributed by atoms with van der Waals surface area (Å²) in [5.74, 6) is 0. The number of rotatable bonds is 17. The molecule has 0 N–H and O–H groups in total. The van der Waals surface area contributed by atoms with Gasteiger partial charge in [0.1, 0.15) is 0 Å². The van der Waals surface area contributed by atoms with E-state index in [2.05, 4.69) is 94.7 Å². The second-order valence-corrected chi connectivity index (χ2v) is 11.7. The van der Waals surface area contributed by atoms with Crippen molar-refractivity contribution < 1.29 is 52.6 Å². The van der Waals surface area contributed by atoms with Crippen molar-refractivity contribution in [2.75, 3.05) is 26.4 Å². The summed E-state index contributed by atoms with van der Waals surface area (Å²) in [7, 11) is 0. The third-order valence-electron chi connectivity index (χ3n) is 6.98. The molecule has 0 saturated heterocycles. The Bertz CT molecular complexity index is 1120. The normalized spacial score (nSPS) is 10.8. The van der Waals surface area contributed by atoms with Crippen LogP contribution in [0.2, 0.25) is 0 Å². The van der Waals surface area contributed by atoms with Crippen molar-refractivity contribution in [1.29, 1.82) is 0 Å². The lowest BCUT2D eigenvalue weighted by atomic mass is 10.2. The van der Waals surface area contributed by atoms with Crippen molar-refractivity contribution in [3.63, 3.8) is 0 Å². The largest absolute Gasteiger partial charge is 1.00 e. The van der Waals surface area contributed by atoms with Gasteiger partial charge in [0.05, 0.1) is 23.0 Å². The van der Waals surface area contributed by atoms with Crippen LogP contribution >= 0.6 is 22.7 Å². The Morgan fingerprint density at radius 2 is 0.950 bits per heavy atom. The molecule has 0 radical (unpaired) electrons. The number of halogens is 2. The molecule has 2 aromatic carbocycles. The first-order valence-electron chi connectivity index (χ1n) is 13.9. The van der Waals surface area contributed by atoms with Crippen LogP contribution in [0.5, 0.6) is 0 Å². The van der Waals surface area contributed by atoms with Gasteiger partial charge in [-0.05, 0) is 12.8 Å². The lowest BCUT2D eigenvalue weighted by molar-refractivity contribution is -0.689. The monoisotopic (exact) mass is 708 g/mol. The minimum absolute atomic E-state index is 0. The number of thiazole rings is 2. The van der Waals surface area contributed by atoms with Crippen LogP contribution in [0, 0.1) is 13.8 Å². The van der Waals surface area contributed by atoms with E-state index in [1.54, 1.807) is 0 Å². The fraction of sp³-hybridized carbons (Fsp3) is 0.438. The molecule has 2 heterocycles. The number of unbranched alkanes of at least 4 members (excludes halogenated alkanes) is 3. The molecule has 0 amide bonds. The van der Waals surface area contributed by atoms with Crippen LogP contribution in [0.3, 0.4) is 0 Å². The first-order valence-corrected chi connectivity index (χ1v) is 15.6. The fourth-order valence-electron chi connectivity index (χ4n) is 4.55. The Hall–Kier alpha value is -1.42. The molecule has 0 aliphatic carbocycles. The standard InChI is InChI=1S/C32H42N2O2S2.2BrH/c1-27-31(37-25-33(27)23-29-13-7-5-8-14-29)17-21-35-19-11-3-4-12-20-36-22-18-32-28(2)34(26-38-32)24-30-15-9-6-10-16-30;;/h5-10,13-16,25-26H,3-4,11-12,17-24H2,1-2H3;2*1H/q+2;;/p-2. The smallest absolute Gasteiger partial charge is 0.225 e. The van der Waals surface area contributed by atoms with Crippen molar-refractivity contribution in [3.05, 3.63) is 104 Å². The van der Waals surface area contributed by atoms with Crippen LogP contribution < -0.4 is 43.1 Å². The third-order valence-corrected chi connectivity index (χ3v) is 9.27. The lowest BCUT2D eigenvalue weighted by Crippen LogP contribution is -3.00. The quantitative estimate of drug-likeness (QED) is 0.118. The Morgan fingerprint density at radius 1 is 0.550 bits per heavy atom. The van der Waals surface area contributed by atoms with Gasteiger partial charge in [0, 0.05) is 51.0 Å². The van der Waals surface area contributed by atoms with E-state index < -0.39 is 0 Å². The number of hydrogen-bond acceptors (Lipinski definition) is 4. The zero-order valence-electron chi connectivity index (χ0n) is 23.7. The van der Waals surface area contributed by atoms with Crippen LogP contribution in [0.15, 0.2) is 71.7 Å². The van der Waals surface area contributed by atoms with Gasteiger partial charge in [-0.25, -0.2) is 0 Å². The highest BCUT2D eigenvalue weighted by molar-refractivity contribution is 7.09. The molecule has 0 bridgehead atoms. The summed E-state index contributed by atoms with van der Waals surface area (Å²) in [6, 6.07) is 21.3. The Labute approximate surface area is 269 Å². The SMILES string of the molecule is Cc1c(CCOCCCCCCOCCc2sc[n+](Cc3ccccc3)c2C)sc[n+]1Cc1ccccc1.[Br-].[Br-]. The van der Waals surface area contributed by atoms with Gasteiger partial charge in [0.25, 0.3) is 0 Å². The van der Waals surface area contributed by atoms with E-state index in [-0.39, 0.29) is 34.0 Å². The molecule has 2 aromatic heterocycles. The maximum atomic E-state index is 5.93. The summed E-state index contributed by atoms with van der Waals surface area (Å²) in [6.07, 6.45) is 6.69. The minimum atomic E-state index is 0. The van der Waals surface area contributed by atoms with Crippen LogP contribution in [0.1, 0.15) is 58.0 Å². The predicted octanol–water partition coefficient (Wildman–Crippen LogP) is 0.485. The average molecular weight is 711 g/mol. The predicted molar refractivity (Wildman–Crippen MR) is 157 cm³/mol. The molecule has 40 heavy (non-hydrogen) atoms. The van der Waals surface area contributed by atoms with Crippen LogP contribution in [-0.4, -0.2) is 26.4 Å². The van der Waals surface area contributed by atoms with Gasteiger partial charge in [-0.2, -0.15) is 9.13 Å². The minimum Gasteiger partial charge on any atom is -1.00 e. The van der Waals surface area contributed by atoms with Gasteiger partial charge in [-0.15, -0.1) is 0 Å². The molecule has 4 aromatic rings. The highest BCUT2D eigenvalue weighted by Crippen LogP contribution is 2.14. The molecular formula is C32H42Br2N2O2S2. The number of ether oxygens (including phenoxy) is 2. The molecule has 0 unspecified atom stereocenters. The molecular weight excluding hydrogens is 668 g/mol. The zero-order chi connectivity index (χ0) is 26.4. The topological polar surface area (TPSA) is 26.2 Å². The maximum Gasteiger partial charge on any atom is 0.225 e. The summed E-state index contributed by atoms with van der Waals surface area (Å²) in [5, 5.41) is 0. The molecule has 4 rings (SSSR count).